The zero-order chi connectivity index (χ0) is 7.11. The zero-order valence-corrected chi connectivity index (χ0v) is 15.0. The molecule has 0 aromatic rings. The maximum atomic E-state index is 8.06. The third kappa shape index (κ3) is 122. The predicted octanol–water partition coefficient (Wildman–Crippen LogP) is 4.84. The van der Waals surface area contributed by atoms with E-state index in [4.69, 9.17) is 5.11 Å². The van der Waals surface area contributed by atoms with Gasteiger partial charge >= 0.3 is 0 Å². The van der Waals surface area contributed by atoms with Crippen molar-refractivity contribution in [3.63, 3.8) is 0 Å². The van der Waals surface area contributed by atoms with Gasteiger partial charge in [-0.3, -0.25) is 6.08 Å². The van der Waals surface area contributed by atoms with Gasteiger partial charge in [-0.15, -0.1) is 6.42 Å². The third-order valence-corrected chi connectivity index (χ3v) is 0.586. The van der Waals surface area contributed by atoms with Crippen molar-refractivity contribution in [3.05, 3.63) is 76.3 Å². The molecular weight excluding hydrogens is 244 g/mol. The summed E-state index contributed by atoms with van der Waals surface area (Å²) in [5.74, 6) is 0. The summed E-state index contributed by atoms with van der Waals surface area (Å²) in [5, 5.41) is 8.06. The molecule has 0 heterocycles. The molecule has 0 saturated heterocycles. The van der Waals surface area contributed by atoms with Crippen LogP contribution < -0.4 is 0 Å². The topological polar surface area (TPSA) is 20.2 Å². The third-order valence-electron chi connectivity index (χ3n) is 0.586. The van der Waals surface area contributed by atoms with Crippen LogP contribution in [0.25, 0.3) is 0 Å². The Kier molecular flexibility index (Phi) is 221. The standard InChI is InChI=1S/C5H5.C3H8O.7CH3.Ti/c1-2-4-5-3-1;1-3(2)4;;;;;;;;/h1-3H,4H2;3-4H,1-2H3;7*1H3;/q-1;;7*-1;. The van der Waals surface area contributed by atoms with Crippen LogP contribution in [0.1, 0.15) is 20.3 Å². The molecule has 0 aliphatic heterocycles. The molecule has 0 aromatic carbocycles. The van der Waals surface area contributed by atoms with E-state index < -0.39 is 0 Å². The van der Waals surface area contributed by atoms with Gasteiger partial charge in [0.05, 0.1) is 0 Å². The maximum Gasteiger partial charge on any atom is 0.0483 e. The molecule has 2 heteroatoms. The molecule has 1 aliphatic rings. The van der Waals surface area contributed by atoms with Crippen molar-refractivity contribution in [2.75, 3.05) is 0 Å². The Morgan fingerprint density at radius 2 is 1.24 bits per heavy atom. The van der Waals surface area contributed by atoms with Crippen LogP contribution in [0.4, 0.5) is 0 Å². The second-order valence-electron chi connectivity index (χ2n) is 2.10. The first-order chi connectivity index (χ1) is 4.23. The Morgan fingerprint density at radius 3 is 1.29 bits per heavy atom. The van der Waals surface area contributed by atoms with E-state index in [0.29, 0.717) is 0 Å². The smallest absolute Gasteiger partial charge is 0.0483 e. The van der Waals surface area contributed by atoms with Crippen LogP contribution in [0.5, 0.6) is 0 Å². The van der Waals surface area contributed by atoms with Crippen LogP contribution >= 0.6 is 0 Å². The molecule has 0 unspecified atom stereocenters. The monoisotopic (exact) mass is 278 g/mol. The van der Waals surface area contributed by atoms with Gasteiger partial charge in [0, 0.05) is 27.8 Å². The summed E-state index contributed by atoms with van der Waals surface area (Å²) in [7, 11) is 0. The first-order valence-corrected chi connectivity index (χ1v) is 3.13. The average molecular weight is 278 g/mol. The number of aliphatic hydroxyl groups excluding tert-OH is 1. The van der Waals surface area contributed by atoms with E-state index in [1.165, 1.54) is 0 Å². The first kappa shape index (κ1) is 67.3. The van der Waals surface area contributed by atoms with Crippen LogP contribution in [0.15, 0.2) is 18.2 Å². The molecular formula is C15H34OTi-8. The van der Waals surface area contributed by atoms with Crippen molar-refractivity contribution in [2.24, 2.45) is 0 Å². The van der Waals surface area contributed by atoms with Gasteiger partial charge in [-0.05, 0) is 13.8 Å². The maximum absolute atomic E-state index is 8.06. The summed E-state index contributed by atoms with van der Waals surface area (Å²) >= 11 is 0. The summed E-state index contributed by atoms with van der Waals surface area (Å²) in [6.07, 6.45) is 9.83. The Hall–Kier alpha value is 0.154. The summed E-state index contributed by atoms with van der Waals surface area (Å²) in [6.45, 7) is 3.44. The van der Waals surface area contributed by atoms with Crippen molar-refractivity contribution in [2.45, 2.75) is 26.4 Å². The Balaban J connectivity index is -0.00000000740. The second kappa shape index (κ2) is 55.8. The molecule has 1 nitrogen and oxygen atoms in total. The fraction of sp³-hybridized carbons (Fsp3) is 0.267. The number of rotatable bonds is 0. The largest absolute Gasteiger partial charge is 0.394 e. The fourth-order valence-electron chi connectivity index (χ4n) is 0.340. The second-order valence-corrected chi connectivity index (χ2v) is 2.10. The quantitative estimate of drug-likeness (QED) is 0.496. The van der Waals surface area contributed by atoms with Gasteiger partial charge in [0.15, 0.2) is 0 Å². The molecule has 1 aliphatic carbocycles. The Labute approximate surface area is 129 Å². The number of aliphatic hydroxyl groups is 1. The zero-order valence-electron chi connectivity index (χ0n) is 13.5. The number of hydrogen-bond acceptors (Lipinski definition) is 1. The Bertz CT molecular complexity index is 94.7. The molecule has 0 fully saturated rings. The van der Waals surface area contributed by atoms with Crippen LogP contribution in [-0.2, 0) is 21.7 Å². The van der Waals surface area contributed by atoms with Crippen molar-refractivity contribution in [3.8, 4) is 0 Å². The van der Waals surface area contributed by atoms with Crippen LogP contribution in [0.2, 0.25) is 0 Å². The van der Waals surface area contributed by atoms with E-state index in [1.807, 2.05) is 12.2 Å². The van der Waals surface area contributed by atoms with Gasteiger partial charge in [0.1, 0.15) is 0 Å². The molecule has 0 spiro atoms. The van der Waals surface area contributed by atoms with E-state index >= 15 is 0 Å². The molecule has 0 atom stereocenters. The molecule has 1 rings (SSSR count). The SMILES string of the molecule is CC(C)O.[C-]1=CC=CC1.[CH3-].[CH3-].[CH3-].[CH3-].[CH3-].[CH3-].[CH3-].[Ti]. The van der Waals surface area contributed by atoms with E-state index in [0.717, 1.165) is 6.42 Å². The van der Waals surface area contributed by atoms with E-state index in [1.54, 1.807) is 13.8 Å². The predicted molar refractivity (Wildman–Crippen MR) is 83.8 cm³/mol. The van der Waals surface area contributed by atoms with Crippen LogP contribution in [-0.4, -0.2) is 11.2 Å². The first-order valence-electron chi connectivity index (χ1n) is 3.13. The van der Waals surface area contributed by atoms with Gasteiger partial charge in [-0.25, -0.2) is 12.2 Å². The van der Waals surface area contributed by atoms with Crippen LogP contribution in [0, 0.1) is 58.1 Å². The molecule has 1 N–H and O–H groups in total. The minimum atomic E-state index is -0.167. The summed E-state index contributed by atoms with van der Waals surface area (Å²) in [5.41, 5.74) is 0. The average Bonchev–Trinajstić information content (AvgIpc) is 2.11. The van der Waals surface area contributed by atoms with Gasteiger partial charge in [-0.2, -0.15) is 6.08 Å². The fourth-order valence-corrected chi connectivity index (χ4v) is 0.340. The van der Waals surface area contributed by atoms with Gasteiger partial charge in [0.25, 0.3) is 0 Å². The summed E-state index contributed by atoms with van der Waals surface area (Å²) < 4.78 is 0. The number of hydrogen-bond donors (Lipinski definition) is 1. The molecule has 0 amide bonds. The van der Waals surface area contributed by atoms with Gasteiger partial charge in [-0.1, -0.05) is 0 Å². The normalized spacial score (nSPS) is 7.29. The minimum Gasteiger partial charge on any atom is -0.394 e. The number of allylic oxidation sites excluding steroid dienone is 4. The van der Waals surface area contributed by atoms with Crippen molar-refractivity contribution in [1.82, 2.24) is 0 Å². The van der Waals surface area contributed by atoms with E-state index in [-0.39, 0.29) is 79.8 Å². The molecule has 17 heavy (non-hydrogen) atoms. The minimum absolute atomic E-state index is 0. The molecule has 0 bridgehead atoms. The van der Waals surface area contributed by atoms with Crippen molar-refractivity contribution < 1.29 is 26.8 Å². The van der Waals surface area contributed by atoms with Gasteiger partial charge in [0.2, 0.25) is 0 Å². The summed E-state index contributed by atoms with van der Waals surface area (Å²) in [4.78, 5) is 0. The van der Waals surface area contributed by atoms with E-state index in [2.05, 4.69) is 12.2 Å². The van der Waals surface area contributed by atoms with Crippen molar-refractivity contribution >= 4 is 0 Å². The molecule has 112 valence electrons. The van der Waals surface area contributed by atoms with Crippen LogP contribution in [0.3, 0.4) is 0 Å². The van der Waals surface area contributed by atoms with Crippen molar-refractivity contribution in [1.29, 1.82) is 0 Å². The molecule has 0 aromatic heterocycles. The Morgan fingerprint density at radius 1 is 0.941 bits per heavy atom. The summed E-state index contributed by atoms with van der Waals surface area (Å²) in [6, 6.07) is 0. The van der Waals surface area contributed by atoms with Gasteiger partial charge < -0.3 is 57.1 Å². The van der Waals surface area contributed by atoms with E-state index in [9.17, 15) is 0 Å². The molecule has 0 saturated carbocycles. The molecule has 0 radical (unpaired) electrons.